The first-order valence-corrected chi connectivity index (χ1v) is 6.78. The highest BCUT2D eigenvalue weighted by Crippen LogP contribution is 2.21. The molecule has 2 N–H and O–H groups in total. The highest BCUT2D eigenvalue weighted by Gasteiger charge is 2.37. The number of nitrogens with zero attached hydrogens (tertiary/aromatic N) is 1. The van der Waals surface area contributed by atoms with E-state index < -0.39 is 22.2 Å². The molecule has 0 radical (unpaired) electrons. The quantitative estimate of drug-likeness (QED) is 0.764. The van der Waals surface area contributed by atoms with Gasteiger partial charge in [-0.15, -0.1) is 0 Å². The molecule has 0 spiro atoms. The number of benzene rings is 1. The first-order valence-electron chi connectivity index (χ1n) is 5.34. The molecule has 5 nitrogen and oxygen atoms in total. The van der Waals surface area contributed by atoms with Gasteiger partial charge in [0.25, 0.3) is 0 Å². The molecule has 94 valence electrons. The third-order valence-electron chi connectivity index (χ3n) is 2.85. The standard InChI is InChI=1S/C11H15NO4S/c1-8-3-2-4-9(5-8)17(15,16)12-6-10(13)11(14)7-12/h2-5,10-11,13-14H,6-7H2,1H3/t10-,11+. The summed E-state index contributed by atoms with van der Waals surface area (Å²) < 4.78 is 25.5. The molecule has 1 heterocycles. The van der Waals surface area contributed by atoms with Gasteiger partial charge in [0.2, 0.25) is 10.0 Å². The summed E-state index contributed by atoms with van der Waals surface area (Å²) >= 11 is 0. The van der Waals surface area contributed by atoms with Gasteiger partial charge in [0.05, 0.1) is 17.1 Å². The van der Waals surface area contributed by atoms with E-state index in [0.717, 1.165) is 9.87 Å². The van der Waals surface area contributed by atoms with Gasteiger partial charge in [-0.1, -0.05) is 12.1 Å². The van der Waals surface area contributed by atoms with Crippen LogP contribution in [0.1, 0.15) is 5.56 Å². The van der Waals surface area contributed by atoms with Crippen molar-refractivity contribution in [3.05, 3.63) is 29.8 Å². The normalized spacial score (nSPS) is 26.3. The second-order valence-electron chi connectivity index (χ2n) is 4.27. The summed E-state index contributed by atoms with van der Waals surface area (Å²) in [5.74, 6) is 0. The minimum absolute atomic E-state index is 0.0581. The summed E-state index contributed by atoms with van der Waals surface area (Å²) in [6, 6.07) is 6.57. The fraction of sp³-hybridized carbons (Fsp3) is 0.455. The Morgan fingerprint density at radius 1 is 1.24 bits per heavy atom. The summed E-state index contributed by atoms with van der Waals surface area (Å²) in [5, 5.41) is 18.8. The van der Waals surface area contributed by atoms with Gasteiger partial charge in [-0.3, -0.25) is 0 Å². The number of β-amino-alcohol motifs (C(OH)–C–C–N with tert-alkyl or cyclic N) is 2. The monoisotopic (exact) mass is 257 g/mol. The van der Waals surface area contributed by atoms with Crippen molar-refractivity contribution in [3.8, 4) is 0 Å². The number of aryl methyl sites for hydroxylation is 1. The maximum absolute atomic E-state index is 12.2. The van der Waals surface area contributed by atoms with Gasteiger partial charge in [0.1, 0.15) is 0 Å². The van der Waals surface area contributed by atoms with Crippen LogP contribution < -0.4 is 0 Å². The number of hydrogen-bond donors (Lipinski definition) is 2. The average molecular weight is 257 g/mol. The lowest BCUT2D eigenvalue weighted by Gasteiger charge is -2.15. The third-order valence-corrected chi connectivity index (χ3v) is 4.68. The zero-order valence-corrected chi connectivity index (χ0v) is 10.3. The predicted octanol–water partition coefficient (Wildman–Crippen LogP) is -0.279. The van der Waals surface area contributed by atoms with Gasteiger partial charge in [0, 0.05) is 13.1 Å². The Labute approximate surface area is 100 Å². The van der Waals surface area contributed by atoms with Crippen LogP contribution in [0.4, 0.5) is 0 Å². The smallest absolute Gasteiger partial charge is 0.243 e. The Morgan fingerprint density at radius 2 is 1.82 bits per heavy atom. The molecule has 0 unspecified atom stereocenters. The topological polar surface area (TPSA) is 77.8 Å². The van der Waals surface area contributed by atoms with Crippen LogP contribution in [0.15, 0.2) is 29.2 Å². The summed E-state index contributed by atoms with van der Waals surface area (Å²) in [6.45, 7) is 1.70. The molecule has 6 heteroatoms. The Morgan fingerprint density at radius 3 is 2.35 bits per heavy atom. The lowest BCUT2D eigenvalue weighted by Crippen LogP contribution is -2.30. The minimum Gasteiger partial charge on any atom is -0.389 e. The fourth-order valence-corrected chi connectivity index (χ4v) is 3.44. The Kier molecular flexibility index (Phi) is 3.22. The van der Waals surface area contributed by atoms with Crippen LogP contribution in [0.25, 0.3) is 0 Å². The summed E-state index contributed by atoms with van der Waals surface area (Å²) in [4.78, 5) is 0.193. The molecule has 17 heavy (non-hydrogen) atoms. The van der Waals surface area contributed by atoms with E-state index in [9.17, 15) is 18.6 Å². The van der Waals surface area contributed by atoms with Crippen molar-refractivity contribution in [1.29, 1.82) is 0 Å². The van der Waals surface area contributed by atoms with E-state index >= 15 is 0 Å². The van der Waals surface area contributed by atoms with Crippen LogP contribution in [0.5, 0.6) is 0 Å². The van der Waals surface area contributed by atoms with Crippen molar-refractivity contribution >= 4 is 10.0 Å². The fourth-order valence-electron chi connectivity index (χ4n) is 1.86. The molecule has 0 aromatic heterocycles. The van der Waals surface area contributed by atoms with Gasteiger partial charge < -0.3 is 10.2 Å². The van der Waals surface area contributed by atoms with E-state index in [4.69, 9.17) is 0 Å². The van der Waals surface area contributed by atoms with Gasteiger partial charge >= 0.3 is 0 Å². The van der Waals surface area contributed by atoms with Crippen LogP contribution in [-0.4, -0.2) is 48.2 Å². The number of sulfonamides is 1. The molecule has 0 amide bonds. The number of aliphatic hydroxyl groups excluding tert-OH is 2. The molecule has 0 saturated carbocycles. The third kappa shape index (κ3) is 2.35. The first-order chi connectivity index (χ1) is 7.91. The minimum atomic E-state index is -3.61. The first kappa shape index (κ1) is 12.5. The molecule has 1 aliphatic heterocycles. The van der Waals surface area contributed by atoms with Crippen molar-refractivity contribution in [2.45, 2.75) is 24.0 Å². The van der Waals surface area contributed by atoms with Gasteiger partial charge in [-0.2, -0.15) is 4.31 Å². The SMILES string of the molecule is Cc1cccc(S(=O)(=O)N2C[C@@H](O)[C@@H](O)C2)c1. The molecular formula is C11H15NO4S. The zero-order chi connectivity index (χ0) is 12.6. The van der Waals surface area contributed by atoms with Crippen molar-refractivity contribution in [2.75, 3.05) is 13.1 Å². The van der Waals surface area contributed by atoms with Crippen LogP contribution in [0.2, 0.25) is 0 Å². The van der Waals surface area contributed by atoms with Crippen LogP contribution >= 0.6 is 0 Å². The largest absolute Gasteiger partial charge is 0.389 e. The molecule has 1 fully saturated rings. The molecule has 2 rings (SSSR count). The maximum atomic E-state index is 12.2. The summed E-state index contributed by atoms with van der Waals surface area (Å²) in [7, 11) is -3.61. The summed E-state index contributed by atoms with van der Waals surface area (Å²) in [5.41, 5.74) is 0.853. The predicted molar refractivity (Wildman–Crippen MR) is 62.0 cm³/mol. The zero-order valence-electron chi connectivity index (χ0n) is 9.44. The molecular weight excluding hydrogens is 242 g/mol. The second-order valence-corrected chi connectivity index (χ2v) is 6.21. The van der Waals surface area contributed by atoms with Crippen LogP contribution in [0.3, 0.4) is 0 Å². The average Bonchev–Trinajstić information content (AvgIpc) is 2.60. The Bertz CT molecular complexity index is 504. The van der Waals surface area contributed by atoms with Gasteiger partial charge in [0.15, 0.2) is 0 Å². The Balaban J connectivity index is 2.32. The van der Waals surface area contributed by atoms with E-state index in [1.165, 1.54) is 6.07 Å². The maximum Gasteiger partial charge on any atom is 0.243 e. The molecule has 1 aromatic rings. The van der Waals surface area contributed by atoms with E-state index in [-0.39, 0.29) is 18.0 Å². The molecule has 2 atom stereocenters. The van der Waals surface area contributed by atoms with E-state index in [1.54, 1.807) is 12.1 Å². The molecule has 1 aliphatic rings. The number of hydrogen-bond acceptors (Lipinski definition) is 4. The lowest BCUT2D eigenvalue weighted by molar-refractivity contribution is 0.0572. The van der Waals surface area contributed by atoms with E-state index in [0.29, 0.717) is 0 Å². The van der Waals surface area contributed by atoms with Crippen LogP contribution in [-0.2, 0) is 10.0 Å². The van der Waals surface area contributed by atoms with Crippen molar-refractivity contribution in [2.24, 2.45) is 0 Å². The Hall–Kier alpha value is -0.950. The highest BCUT2D eigenvalue weighted by molar-refractivity contribution is 7.89. The van der Waals surface area contributed by atoms with E-state index in [1.807, 2.05) is 13.0 Å². The molecule has 1 saturated heterocycles. The van der Waals surface area contributed by atoms with E-state index in [2.05, 4.69) is 0 Å². The molecule has 0 aliphatic carbocycles. The van der Waals surface area contributed by atoms with Crippen LogP contribution in [0, 0.1) is 6.92 Å². The number of rotatable bonds is 2. The highest BCUT2D eigenvalue weighted by atomic mass is 32.2. The second kappa shape index (κ2) is 4.38. The summed E-state index contributed by atoms with van der Waals surface area (Å²) in [6.07, 6.45) is -2.01. The van der Waals surface area contributed by atoms with Gasteiger partial charge in [-0.25, -0.2) is 8.42 Å². The lowest BCUT2D eigenvalue weighted by atomic mass is 10.2. The molecule has 0 bridgehead atoms. The van der Waals surface area contributed by atoms with Crippen molar-refractivity contribution in [1.82, 2.24) is 4.31 Å². The molecule has 1 aromatic carbocycles. The number of aliphatic hydroxyl groups is 2. The van der Waals surface area contributed by atoms with Crippen molar-refractivity contribution < 1.29 is 18.6 Å². The van der Waals surface area contributed by atoms with Gasteiger partial charge in [-0.05, 0) is 24.6 Å². The van der Waals surface area contributed by atoms with Crippen molar-refractivity contribution in [3.63, 3.8) is 0 Å².